The first-order valence-corrected chi connectivity index (χ1v) is 12.6. The summed E-state index contributed by atoms with van der Waals surface area (Å²) in [5.41, 5.74) is 7.44. The lowest BCUT2D eigenvalue weighted by molar-refractivity contribution is -0.136. The Bertz CT molecular complexity index is 1670. The first kappa shape index (κ1) is 29.5. The zero-order chi connectivity index (χ0) is 27.6. The lowest BCUT2D eigenvalue weighted by atomic mass is 9.96. The lowest BCUT2D eigenvalue weighted by Gasteiger charge is -2.32. The van der Waals surface area contributed by atoms with Crippen LogP contribution in [0.2, 0.25) is 0 Å². The van der Waals surface area contributed by atoms with Crippen LogP contribution in [0.15, 0.2) is 38.0 Å². The highest BCUT2D eigenvalue weighted by atomic mass is 35.5. The van der Waals surface area contributed by atoms with Crippen LogP contribution in [0.4, 0.5) is 11.4 Å². The van der Waals surface area contributed by atoms with Crippen LogP contribution in [0.5, 0.6) is 0 Å². The Hall–Kier alpha value is -4.07. The maximum Gasteiger partial charge on any atom is 0.307 e. The second-order valence-corrected chi connectivity index (χ2v) is 9.66. The third kappa shape index (κ3) is 6.00. The number of benzene rings is 1. The number of carboxylic acid groups (broad SMARTS) is 1. The van der Waals surface area contributed by atoms with Gasteiger partial charge >= 0.3 is 5.97 Å². The van der Waals surface area contributed by atoms with Gasteiger partial charge in [-0.25, -0.2) is 4.98 Å². The van der Waals surface area contributed by atoms with Crippen LogP contribution in [-0.4, -0.2) is 47.6 Å². The molecule has 1 aliphatic rings. The van der Waals surface area contributed by atoms with Gasteiger partial charge in [-0.05, 0) is 48.2 Å². The number of aromatic nitrogens is 2. The summed E-state index contributed by atoms with van der Waals surface area (Å²) in [6, 6.07) is 5.76. The zero-order valence-electron chi connectivity index (χ0n) is 21.1. The fourth-order valence-corrected chi connectivity index (χ4v) is 5.24. The number of thiophene rings is 1. The van der Waals surface area contributed by atoms with E-state index >= 15 is 0 Å². The third-order valence-electron chi connectivity index (χ3n) is 6.05. The number of anilines is 2. The fourth-order valence-electron chi connectivity index (χ4n) is 4.30. The number of amides is 1. The summed E-state index contributed by atoms with van der Waals surface area (Å²) in [5, 5.41) is 16.2. The van der Waals surface area contributed by atoms with E-state index in [1.807, 2.05) is 32.3 Å². The van der Waals surface area contributed by atoms with Crippen molar-refractivity contribution >= 4 is 57.2 Å². The Morgan fingerprint density at radius 2 is 1.90 bits per heavy atom. The first-order valence-electron chi connectivity index (χ1n) is 11.7. The van der Waals surface area contributed by atoms with E-state index < -0.39 is 28.3 Å². The summed E-state index contributed by atoms with van der Waals surface area (Å²) in [4.78, 5) is 68.2. The van der Waals surface area contributed by atoms with Crippen LogP contribution in [0.25, 0.3) is 10.2 Å². The van der Waals surface area contributed by atoms with Gasteiger partial charge in [0.1, 0.15) is 16.2 Å². The lowest BCUT2D eigenvalue weighted by Crippen LogP contribution is -2.44. The Morgan fingerprint density at radius 1 is 1.18 bits per heavy atom. The minimum absolute atomic E-state index is 0. The van der Waals surface area contributed by atoms with Crippen molar-refractivity contribution in [2.75, 3.05) is 31.3 Å². The molecule has 0 saturated carbocycles. The summed E-state index contributed by atoms with van der Waals surface area (Å²) in [6.45, 7) is 1.18. The minimum atomic E-state index is -1.06. The molecule has 39 heavy (non-hydrogen) atoms. The number of H-pyrrole nitrogens is 1. The van der Waals surface area contributed by atoms with Crippen molar-refractivity contribution in [2.45, 2.75) is 25.9 Å². The van der Waals surface area contributed by atoms with Crippen molar-refractivity contribution in [1.29, 1.82) is 0 Å². The van der Waals surface area contributed by atoms with E-state index in [0.717, 1.165) is 28.0 Å². The van der Waals surface area contributed by atoms with Gasteiger partial charge in [0.05, 0.1) is 11.8 Å². The predicted molar refractivity (Wildman–Crippen MR) is 152 cm³/mol. The number of carbonyl (C=O) groups is 2. The van der Waals surface area contributed by atoms with E-state index in [0.29, 0.717) is 29.9 Å². The number of halogens is 1. The highest BCUT2D eigenvalue weighted by molar-refractivity contribution is 7.16. The number of fused-ring (bicyclic) bond motifs is 2. The molecule has 0 bridgehead atoms. The molecule has 0 fully saturated rings. The summed E-state index contributed by atoms with van der Waals surface area (Å²) >= 11 is 1.10. The van der Waals surface area contributed by atoms with Gasteiger partial charge in [0.15, 0.2) is 0 Å². The number of hydrogen-bond acceptors (Lipinski definition) is 10. The van der Waals surface area contributed by atoms with Crippen molar-refractivity contribution in [3.63, 3.8) is 0 Å². The van der Waals surface area contributed by atoms with E-state index in [4.69, 9.17) is 10.8 Å². The Kier molecular flexibility index (Phi) is 9.22. The predicted octanol–water partition coefficient (Wildman–Crippen LogP) is 0.540. The molecule has 0 atom stereocenters. The zero-order valence-corrected chi connectivity index (χ0v) is 22.8. The third-order valence-corrected chi connectivity index (χ3v) is 6.97. The molecule has 206 valence electrons. The highest BCUT2D eigenvalue weighted by Gasteiger charge is 2.27. The molecule has 4 aromatic rings. The minimum Gasteiger partial charge on any atom is -0.481 e. The number of nitrogens with zero attached hydrogens (tertiary/aromatic N) is 2. The molecule has 12 nitrogen and oxygen atoms in total. The van der Waals surface area contributed by atoms with E-state index in [-0.39, 0.29) is 48.0 Å². The van der Waals surface area contributed by atoms with E-state index in [2.05, 4.69) is 20.6 Å². The number of nitrogens with two attached hydrogens (primary N) is 1. The molecule has 3 heterocycles. The molecule has 6 N–H and O–H groups in total. The van der Waals surface area contributed by atoms with Gasteiger partial charge < -0.3 is 31.4 Å². The fraction of sp³-hybridized carbons (Fsp3) is 0.280. The first-order chi connectivity index (χ1) is 18.1. The van der Waals surface area contributed by atoms with Crippen LogP contribution >= 0.6 is 23.7 Å². The molecule has 2 aromatic carbocycles. The maximum absolute atomic E-state index is 12.6. The molecule has 2 aromatic heterocycles. The summed E-state index contributed by atoms with van der Waals surface area (Å²) in [6.07, 6.45) is 0.385. The number of nitrogens with one attached hydrogen (secondary N) is 3. The number of carbonyl (C=O) groups excluding carboxylic acids is 1. The van der Waals surface area contributed by atoms with Crippen molar-refractivity contribution < 1.29 is 14.7 Å². The average Bonchev–Trinajstić information content (AvgIpc) is 3.29. The van der Waals surface area contributed by atoms with Gasteiger partial charge in [-0.3, -0.25) is 24.0 Å². The monoisotopic (exact) mass is 574 g/mol. The normalized spacial score (nSPS) is 12.3. The molecule has 0 radical (unpaired) electrons. The molecule has 1 amide bonds. The van der Waals surface area contributed by atoms with Gasteiger partial charge in [0.25, 0.3) is 22.3 Å². The van der Waals surface area contributed by atoms with E-state index in [1.54, 1.807) is 10.3 Å². The van der Waals surface area contributed by atoms with E-state index in [1.165, 1.54) is 0 Å². The SMILES string of the molecule is CNC.Cl.Nc1c(N2CCc3ccc(CNC(=O)c4nc5scc(CC(=O)O)c5c(=O)[nH]4)cc3C2)c(=O)c1=O. The molecule has 1 aliphatic heterocycles. The smallest absolute Gasteiger partial charge is 0.307 e. The molecule has 0 saturated heterocycles. The second kappa shape index (κ2) is 12.2. The van der Waals surface area contributed by atoms with Gasteiger partial charge in [0, 0.05) is 19.6 Å². The van der Waals surface area contributed by atoms with Crippen molar-refractivity contribution in [3.05, 3.63) is 82.5 Å². The molecule has 0 spiro atoms. The molecule has 0 unspecified atom stereocenters. The van der Waals surface area contributed by atoms with Crippen LogP contribution < -0.4 is 37.7 Å². The molecular weight excluding hydrogens is 548 g/mol. The Labute approximate surface area is 232 Å². The van der Waals surface area contributed by atoms with Crippen LogP contribution in [0.1, 0.15) is 32.9 Å². The van der Waals surface area contributed by atoms with Gasteiger partial charge in [0.2, 0.25) is 5.82 Å². The second-order valence-electron chi connectivity index (χ2n) is 8.80. The Balaban J connectivity index is 0.00000101. The van der Waals surface area contributed by atoms with Gasteiger partial charge in [-0.1, -0.05) is 18.2 Å². The van der Waals surface area contributed by atoms with Crippen LogP contribution in [-0.2, 0) is 30.7 Å². The van der Waals surface area contributed by atoms with Gasteiger partial charge in [-0.15, -0.1) is 23.7 Å². The highest BCUT2D eigenvalue weighted by Crippen LogP contribution is 2.26. The summed E-state index contributed by atoms with van der Waals surface area (Å²) in [5.74, 6) is -1.80. The quantitative estimate of drug-likeness (QED) is 0.203. The van der Waals surface area contributed by atoms with Crippen LogP contribution in [0, 0.1) is 0 Å². The number of aromatic amines is 1. The number of nitrogen functional groups attached to an aromatic ring is 1. The average molecular weight is 575 g/mol. The standard InChI is InChI=1S/C23H19N5O6S.C2H7N.ClH/c24-16-17(19(32)18(16)31)28-4-3-11-2-1-10(5-12(11)8-28)7-25-22(34)20-26-21(33)15-13(6-14(29)30)9-35-23(15)27-20;1-3-2;/h1-2,5,9H,3-4,6-8,24H2,(H,25,34)(H,29,30)(H,26,27,33);3H,1-2H3;1H. The largest absolute Gasteiger partial charge is 0.481 e. The molecule has 5 rings (SSSR count). The summed E-state index contributed by atoms with van der Waals surface area (Å²) < 4.78 is 0. The van der Waals surface area contributed by atoms with Crippen molar-refractivity contribution in [3.8, 4) is 0 Å². The number of rotatable bonds is 6. The number of aliphatic carboxylic acids is 1. The van der Waals surface area contributed by atoms with Gasteiger partial charge in [-0.2, -0.15) is 0 Å². The van der Waals surface area contributed by atoms with Crippen molar-refractivity contribution in [1.82, 2.24) is 20.6 Å². The van der Waals surface area contributed by atoms with E-state index in [9.17, 15) is 24.0 Å². The topological polar surface area (TPSA) is 188 Å². The Morgan fingerprint density at radius 3 is 2.56 bits per heavy atom. The molecule has 0 aliphatic carbocycles. The summed E-state index contributed by atoms with van der Waals surface area (Å²) in [7, 11) is 3.75. The van der Waals surface area contributed by atoms with Crippen molar-refractivity contribution in [2.24, 2.45) is 0 Å². The molecule has 14 heteroatoms. The number of hydrogen-bond donors (Lipinski definition) is 5. The molecular formula is C25H27ClN6O6S. The number of carboxylic acids is 1. The van der Waals surface area contributed by atoms with Crippen LogP contribution in [0.3, 0.4) is 0 Å². The maximum atomic E-state index is 12.6.